The number of carbonyl (C=O) groups is 2. The Morgan fingerprint density at radius 2 is 1.62 bits per heavy atom. The molecule has 2 atom stereocenters. The highest BCUT2D eigenvalue weighted by molar-refractivity contribution is 5.98. The number of fused-ring (bicyclic) bond motifs is 1. The maximum absolute atomic E-state index is 13.4. The van der Waals surface area contributed by atoms with Gasteiger partial charge in [0.25, 0.3) is 5.91 Å². The normalized spacial score (nSPS) is 20.1. The van der Waals surface area contributed by atoms with Crippen molar-refractivity contribution in [3.8, 4) is 17.2 Å². The molecule has 1 aliphatic carbocycles. The van der Waals surface area contributed by atoms with Crippen LogP contribution in [0.15, 0.2) is 42.5 Å². The van der Waals surface area contributed by atoms with Crippen molar-refractivity contribution in [1.29, 1.82) is 0 Å². The van der Waals surface area contributed by atoms with E-state index in [1.54, 1.807) is 49.6 Å². The summed E-state index contributed by atoms with van der Waals surface area (Å²) in [6.45, 7) is 0.789. The lowest BCUT2D eigenvalue weighted by molar-refractivity contribution is 0.0388. The van der Waals surface area contributed by atoms with Crippen LogP contribution in [-0.4, -0.2) is 43.7 Å². The lowest BCUT2D eigenvalue weighted by atomic mass is 9.78. The van der Waals surface area contributed by atoms with E-state index in [4.69, 9.17) is 14.2 Å². The van der Waals surface area contributed by atoms with E-state index in [1.807, 2.05) is 4.90 Å². The third-order valence-electron chi connectivity index (χ3n) is 6.45. The van der Waals surface area contributed by atoms with Gasteiger partial charge in [0.1, 0.15) is 17.2 Å². The quantitative estimate of drug-likeness (QED) is 0.702. The number of anilines is 1. The van der Waals surface area contributed by atoms with E-state index in [1.165, 1.54) is 32.8 Å². The van der Waals surface area contributed by atoms with Crippen LogP contribution in [0.3, 0.4) is 0 Å². The molecule has 2 aliphatic rings. The lowest BCUT2D eigenvalue weighted by Gasteiger charge is -2.44. The Hall–Kier alpha value is -3.22. The number of nitrogens with one attached hydrogen (secondary N) is 1. The van der Waals surface area contributed by atoms with Crippen LogP contribution in [0.2, 0.25) is 0 Å². The predicted octanol–water partition coefficient (Wildman–Crippen LogP) is 5.11. The zero-order valence-corrected chi connectivity index (χ0v) is 18.6. The van der Waals surface area contributed by atoms with Gasteiger partial charge < -0.3 is 19.1 Å². The molecule has 2 amide bonds. The van der Waals surface area contributed by atoms with Crippen LogP contribution in [0.25, 0.3) is 0 Å². The van der Waals surface area contributed by atoms with Crippen molar-refractivity contribution in [2.45, 2.75) is 44.6 Å². The van der Waals surface area contributed by atoms with Crippen LogP contribution in [0.1, 0.15) is 48.9 Å². The summed E-state index contributed by atoms with van der Waals surface area (Å²) in [6.07, 6.45) is 6.37. The van der Waals surface area contributed by atoms with Gasteiger partial charge in [0.05, 0.1) is 19.8 Å². The molecule has 7 nitrogen and oxygen atoms in total. The number of hydrogen-bond donors (Lipinski definition) is 1. The minimum Gasteiger partial charge on any atom is -0.497 e. The topological polar surface area (TPSA) is 77.1 Å². The van der Waals surface area contributed by atoms with Crippen LogP contribution >= 0.6 is 0 Å². The average molecular weight is 439 g/mol. The van der Waals surface area contributed by atoms with Crippen molar-refractivity contribution >= 4 is 17.7 Å². The van der Waals surface area contributed by atoms with Crippen LogP contribution in [-0.2, 0) is 0 Å². The van der Waals surface area contributed by atoms with E-state index < -0.39 is 6.09 Å². The van der Waals surface area contributed by atoms with E-state index in [0.717, 1.165) is 19.4 Å². The monoisotopic (exact) mass is 438 g/mol. The van der Waals surface area contributed by atoms with Crippen molar-refractivity contribution in [1.82, 2.24) is 4.90 Å². The smallest absolute Gasteiger partial charge is 0.417 e. The summed E-state index contributed by atoms with van der Waals surface area (Å²) in [5.41, 5.74) is 1.01. The third kappa shape index (κ3) is 4.82. The molecule has 0 aromatic heterocycles. The van der Waals surface area contributed by atoms with E-state index in [-0.39, 0.29) is 5.91 Å². The molecule has 1 aliphatic heterocycles. The summed E-state index contributed by atoms with van der Waals surface area (Å²) in [5.74, 6) is 2.13. The Morgan fingerprint density at radius 1 is 0.906 bits per heavy atom. The Morgan fingerprint density at radius 3 is 2.38 bits per heavy atom. The van der Waals surface area contributed by atoms with Gasteiger partial charge in [-0.25, -0.2) is 4.79 Å². The third-order valence-corrected chi connectivity index (χ3v) is 6.45. The van der Waals surface area contributed by atoms with Crippen molar-refractivity contribution in [2.75, 3.05) is 26.1 Å². The lowest BCUT2D eigenvalue weighted by Crippen LogP contribution is -2.49. The Bertz CT molecular complexity index is 957. The number of benzene rings is 2. The highest BCUT2D eigenvalue weighted by Crippen LogP contribution is 2.37. The van der Waals surface area contributed by atoms with Gasteiger partial charge in [-0.15, -0.1) is 0 Å². The maximum Gasteiger partial charge on any atom is 0.417 e. The number of piperidine rings is 1. The molecular weight excluding hydrogens is 408 g/mol. The van der Waals surface area contributed by atoms with Crippen LogP contribution in [0, 0.1) is 5.92 Å². The first-order chi connectivity index (χ1) is 15.6. The molecule has 32 heavy (non-hydrogen) atoms. The standard InChI is InChI=1S/C25H30N2O5/c1-30-19-10-12-20(13-11-19)32-25(29)26-18-9-14-21(23(16-18)31-2)24(28)27-15-5-7-17-6-3-4-8-22(17)27/h9-14,16-17,22H,3-8,15H2,1-2H3,(H,26,29)/t17-,22-/m1/s1. The highest BCUT2D eigenvalue weighted by atomic mass is 16.6. The number of nitrogens with zero attached hydrogens (tertiary/aromatic N) is 1. The molecule has 2 aromatic carbocycles. The number of amides is 2. The summed E-state index contributed by atoms with van der Waals surface area (Å²) >= 11 is 0. The molecule has 2 aromatic rings. The SMILES string of the molecule is COc1ccc(OC(=O)Nc2ccc(C(=O)N3CCC[C@H]4CCCC[C@H]43)c(OC)c2)cc1. The first kappa shape index (κ1) is 22.0. The average Bonchev–Trinajstić information content (AvgIpc) is 2.83. The summed E-state index contributed by atoms with van der Waals surface area (Å²) in [4.78, 5) is 27.7. The second-order valence-electron chi connectivity index (χ2n) is 8.36. The van der Waals surface area contributed by atoms with Crippen LogP contribution in [0.5, 0.6) is 17.2 Å². The summed E-state index contributed by atoms with van der Waals surface area (Å²) in [6, 6.07) is 12.1. The minimum atomic E-state index is -0.627. The molecule has 170 valence electrons. The molecule has 7 heteroatoms. The van der Waals surface area contributed by atoms with E-state index in [0.29, 0.717) is 40.5 Å². The fourth-order valence-corrected chi connectivity index (χ4v) is 4.87. The molecule has 0 bridgehead atoms. The summed E-state index contributed by atoms with van der Waals surface area (Å²) in [7, 11) is 3.11. The van der Waals surface area contributed by atoms with Gasteiger partial charge in [-0.2, -0.15) is 0 Å². The zero-order chi connectivity index (χ0) is 22.5. The number of ether oxygens (including phenoxy) is 3. The van der Waals surface area contributed by atoms with Gasteiger partial charge in [-0.1, -0.05) is 12.8 Å². The Kier molecular flexibility index (Phi) is 6.83. The van der Waals surface area contributed by atoms with Gasteiger partial charge in [-0.3, -0.25) is 10.1 Å². The summed E-state index contributed by atoms with van der Waals surface area (Å²) < 4.78 is 15.9. The molecule has 1 heterocycles. The molecule has 1 saturated carbocycles. The fraction of sp³-hybridized carbons (Fsp3) is 0.440. The first-order valence-electron chi connectivity index (χ1n) is 11.2. The maximum atomic E-state index is 13.4. The molecule has 0 unspecified atom stereocenters. The molecule has 1 N–H and O–H groups in total. The number of carbonyl (C=O) groups excluding carboxylic acids is 2. The number of hydrogen-bond acceptors (Lipinski definition) is 5. The molecule has 0 spiro atoms. The molecular formula is C25H30N2O5. The fourth-order valence-electron chi connectivity index (χ4n) is 4.87. The minimum absolute atomic E-state index is 0.00538. The van der Waals surface area contributed by atoms with Gasteiger partial charge in [0.2, 0.25) is 0 Å². The van der Waals surface area contributed by atoms with E-state index >= 15 is 0 Å². The van der Waals surface area contributed by atoms with Crippen molar-refractivity contribution in [3.05, 3.63) is 48.0 Å². The van der Waals surface area contributed by atoms with Crippen molar-refractivity contribution in [2.24, 2.45) is 5.92 Å². The Labute approximate surface area is 188 Å². The van der Waals surface area contributed by atoms with Gasteiger partial charge >= 0.3 is 6.09 Å². The summed E-state index contributed by atoms with van der Waals surface area (Å²) in [5, 5.41) is 2.69. The highest BCUT2D eigenvalue weighted by Gasteiger charge is 2.36. The Balaban J connectivity index is 1.45. The number of methoxy groups -OCH3 is 2. The van der Waals surface area contributed by atoms with Crippen LogP contribution < -0.4 is 19.5 Å². The number of likely N-dealkylation sites (tertiary alicyclic amines) is 1. The number of rotatable bonds is 5. The van der Waals surface area contributed by atoms with Gasteiger partial charge in [0, 0.05) is 24.3 Å². The second-order valence-corrected chi connectivity index (χ2v) is 8.36. The van der Waals surface area contributed by atoms with Gasteiger partial charge in [-0.05, 0) is 68.0 Å². The van der Waals surface area contributed by atoms with Crippen LogP contribution in [0.4, 0.5) is 10.5 Å². The molecule has 1 saturated heterocycles. The van der Waals surface area contributed by atoms with Crippen molar-refractivity contribution in [3.63, 3.8) is 0 Å². The van der Waals surface area contributed by atoms with E-state index in [9.17, 15) is 9.59 Å². The molecule has 0 radical (unpaired) electrons. The second kappa shape index (κ2) is 9.94. The zero-order valence-electron chi connectivity index (χ0n) is 18.6. The van der Waals surface area contributed by atoms with Gasteiger partial charge in [0.15, 0.2) is 0 Å². The first-order valence-corrected chi connectivity index (χ1v) is 11.2. The van der Waals surface area contributed by atoms with E-state index in [2.05, 4.69) is 5.32 Å². The van der Waals surface area contributed by atoms with Crippen molar-refractivity contribution < 1.29 is 23.8 Å². The molecule has 4 rings (SSSR count). The predicted molar refractivity (Wildman–Crippen MR) is 122 cm³/mol. The largest absolute Gasteiger partial charge is 0.497 e. The molecule has 2 fully saturated rings.